The van der Waals surface area contributed by atoms with Gasteiger partial charge >= 0.3 is 0 Å². The van der Waals surface area contributed by atoms with Crippen LogP contribution in [0, 0.1) is 17.5 Å². The molecule has 3 aromatic carbocycles. The predicted octanol–water partition coefficient (Wildman–Crippen LogP) is 4.26. The highest BCUT2D eigenvalue weighted by molar-refractivity contribution is 7.77. The molecule has 0 spiro atoms. The first-order valence-corrected chi connectivity index (χ1v) is 11.3. The van der Waals surface area contributed by atoms with Crippen LogP contribution in [0.15, 0.2) is 60.8 Å². The fourth-order valence-electron chi connectivity index (χ4n) is 3.52. The Labute approximate surface area is 195 Å². The van der Waals surface area contributed by atoms with Gasteiger partial charge in [-0.05, 0) is 42.7 Å². The van der Waals surface area contributed by atoms with Crippen molar-refractivity contribution in [3.05, 3.63) is 94.9 Å². The van der Waals surface area contributed by atoms with Gasteiger partial charge in [-0.3, -0.25) is 14.0 Å². The van der Waals surface area contributed by atoms with E-state index >= 15 is 4.39 Å². The van der Waals surface area contributed by atoms with Gasteiger partial charge in [0.1, 0.15) is 5.82 Å². The van der Waals surface area contributed by atoms with Crippen molar-refractivity contribution >= 4 is 28.1 Å². The van der Waals surface area contributed by atoms with E-state index in [4.69, 9.17) is 0 Å². The Kier molecular flexibility index (Phi) is 7.11. The number of aryl methyl sites for hydroxylation is 1. The van der Waals surface area contributed by atoms with E-state index in [2.05, 4.69) is 14.7 Å². The van der Waals surface area contributed by atoms with Gasteiger partial charge in [0.25, 0.3) is 0 Å². The number of nitrogens with one attached hydrogen (secondary N) is 1. The molecule has 0 bridgehead atoms. The number of benzene rings is 3. The summed E-state index contributed by atoms with van der Waals surface area (Å²) in [6.45, 7) is -0.0229. The lowest BCUT2D eigenvalue weighted by molar-refractivity contribution is 0.102. The second-order valence-corrected chi connectivity index (χ2v) is 8.17. The number of ketones is 1. The Morgan fingerprint density at radius 2 is 1.76 bits per heavy atom. The van der Waals surface area contributed by atoms with Gasteiger partial charge in [0.2, 0.25) is 0 Å². The first kappa shape index (κ1) is 23.7. The van der Waals surface area contributed by atoms with Crippen LogP contribution in [0.25, 0.3) is 22.3 Å². The van der Waals surface area contributed by atoms with Gasteiger partial charge in [-0.15, -0.1) is 0 Å². The normalized spacial score (nSPS) is 12.1. The molecule has 1 N–H and O–H groups in total. The lowest BCUT2D eigenvalue weighted by atomic mass is 9.97. The zero-order valence-corrected chi connectivity index (χ0v) is 18.4. The molecule has 6 nitrogen and oxygen atoms in total. The third-order valence-corrected chi connectivity index (χ3v) is 5.62. The Morgan fingerprint density at radius 1 is 1.00 bits per heavy atom. The molecule has 1 heterocycles. The van der Waals surface area contributed by atoms with Crippen molar-refractivity contribution in [3.8, 4) is 11.3 Å². The van der Waals surface area contributed by atoms with Crippen molar-refractivity contribution < 1.29 is 26.7 Å². The molecule has 0 fully saturated rings. The quantitative estimate of drug-likeness (QED) is 0.175. The highest BCUT2D eigenvalue weighted by atomic mass is 32.2. The smallest absolute Gasteiger partial charge is 0.199 e. The molecular formula is C24H17F3N3O3S-. The van der Waals surface area contributed by atoms with Crippen LogP contribution in [0.3, 0.4) is 0 Å². The van der Waals surface area contributed by atoms with E-state index in [-0.39, 0.29) is 30.5 Å². The standard InChI is InChI=1S/C24H18F3N3O3S/c25-17-11-15(7-4-10-29-34(32)33)22(26)21(23(17)27)24(31)16-8-9-18-19(12-16)30-20(13-28-18)14-5-2-1-3-6-14/h1-3,5-6,8-9,11-13,29H,4,7,10H2,(H,32,33)/p-1. The van der Waals surface area contributed by atoms with Gasteiger partial charge < -0.3 is 4.55 Å². The molecule has 0 saturated carbocycles. The van der Waals surface area contributed by atoms with Gasteiger partial charge in [0.05, 0.1) is 28.5 Å². The second kappa shape index (κ2) is 10.2. The highest BCUT2D eigenvalue weighted by Crippen LogP contribution is 2.26. The SMILES string of the molecule is O=C(c1ccc2ncc(-c3ccccc3)nc2c1)c1c(F)c(F)cc(CCCNS(=O)[O-])c1F. The summed E-state index contributed by atoms with van der Waals surface area (Å²) in [6.07, 6.45) is 1.60. The van der Waals surface area contributed by atoms with Crippen LogP contribution in [0.1, 0.15) is 27.9 Å². The number of halogens is 3. The minimum Gasteiger partial charge on any atom is -0.760 e. The van der Waals surface area contributed by atoms with Gasteiger partial charge in [-0.1, -0.05) is 30.3 Å². The number of hydrogen-bond donors (Lipinski definition) is 1. The Morgan fingerprint density at radius 3 is 2.50 bits per heavy atom. The van der Waals surface area contributed by atoms with Crippen LogP contribution in [0.2, 0.25) is 0 Å². The third kappa shape index (κ3) is 5.04. The van der Waals surface area contributed by atoms with Crippen LogP contribution in [-0.2, 0) is 17.7 Å². The van der Waals surface area contributed by atoms with E-state index in [0.717, 1.165) is 5.56 Å². The van der Waals surface area contributed by atoms with E-state index < -0.39 is 40.1 Å². The topological polar surface area (TPSA) is 95.0 Å². The second-order valence-electron chi connectivity index (χ2n) is 7.41. The Hall–Kier alpha value is -3.47. The van der Waals surface area contributed by atoms with Crippen LogP contribution in [0.4, 0.5) is 13.2 Å². The van der Waals surface area contributed by atoms with E-state index in [0.29, 0.717) is 22.8 Å². The number of rotatable bonds is 8. The highest BCUT2D eigenvalue weighted by Gasteiger charge is 2.25. The summed E-state index contributed by atoms with van der Waals surface area (Å²) in [5.74, 6) is -5.18. The molecule has 10 heteroatoms. The third-order valence-electron chi connectivity index (χ3n) is 5.18. The largest absolute Gasteiger partial charge is 0.760 e. The van der Waals surface area contributed by atoms with E-state index in [9.17, 15) is 22.3 Å². The van der Waals surface area contributed by atoms with E-state index in [1.165, 1.54) is 18.2 Å². The van der Waals surface area contributed by atoms with Crippen molar-refractivity contribution in [2.24, 2.45) is 0 Å². The van der Waals surface area contributed by atoms with E-state index in [1.807, 2.05) is 30.3 Å². The zero-order chi connectivity index (χ0) is 24.2. The monoisotopic (exact) mass is 484 g/mol. The number of carbonyl (C=O) groups excluding carboxylic acids is 1. The van der Waals surface area contributed by atoms with Crippen molar-refractivity contribution in [3.63, 3.8) is 0 Å². The van der Waals surface area contributed by atoms with Crippen molar-refractivity contribution in [1.82, 2.24) is 14.7 Å². The van der Waals surface area contributed by atoms with Crippen molar-refractivity contribution in [1.29, 1.82) is 0 Å². The summed E-state index contributed by atoms with van der Waals surface area (Å²) < 4.78 is 66.9. The predicted molar refractivity (Wildman–Crippen MR) is 120 cm³/mol. The average Bonchev–Trinajstić information content (AvgIpc) is 2.84. The Balaban J connectivity index is 1.68. The molecule has 0 aliphatic carbocycles. The van der Waals surface area contributed by atoms with Gasteiger partial charge in [-0.25, -0.2) is 22.9 Å². The minimum atomic E-state index is -2.49. The lowest BCUT2D eigenvalue weighted by Crippen LogP contribution is -2.18. The maximum atomic E-state index is 15.0. The molecule has 0 radical (unpaired) electrons. The molecule has 4 rings (SSSR count). The van der Waals surface area contributed by atoms with Gasteiger partial charge in [0.15, 0.2) is 17.4 Å². The molecule has 174 valence electrons. The summed E-state index contributed by atoms with van der Waals surface area (Å²) in [5.41, 5.74) is 0.840. The summed E-state index contributed by atoms with van der Waals surface area (Å²) in [4.78, 5) is 21.8. The zero-order valence-electron chi connectivity index (χ0n) is 17.6. The van der Waals surface area contributed by atoms with Gasteiger partial charge in [0, 0.05) is 28.9 Å². The van der Waals surface area contributed by atoms with Crippen LogP contribution >= 0.6 is 0 Å². The van der Waals surface area contributed by atoms with Gasteiger partial charge in [-0.2, -0.15) is 0 Å². The summed E-state index contributed by atoms with van der Waals surface area (Å²) in [6, 6.07) is 14.1. The minimum absolute atomic E-state index is 0.0229. The number of nitrogens with zero attached hydrogens (tertiary/aromatic N) is 2. The maximum absolute atomic E-state index is 15.0. The first-order valence-electron chi connectivity index (χ1n) is 10.2. The average molecular weight is 484 g/mol. The molecule has 34 heavy (non-hydrogen) atoms. The first-order chi connectivity index (χ1) is 16.3. The number of fused-ring (bicyclic) bond motifs is 1. The van der Waals surface area contributed by atoms with Crippen LogP contribution in [-0.4, -0.2) is 31.1 Å². The fourth-order valence-corrected chi connectivity index (χ4v) is 3.83. The summed E-state index contributed by atoms with van der Waals surface area (Å²) >= 11 is -2.49. The molecule has 1 aromatic heterocycles. The molecule has 4 aromatic rings. The number of aromatic nitrogens is 2. The Bertz CT molecular complexity index is 1400. The van der Waals surface area contributed by atoms with Crippen LogP contribution in [0.5, 0.6) is 0 Å². The van der Waals surface area contributed by atoms with Crippen molar-refractivity contribution in [2.75, 3.05) is 6.54 Å². The van der Waals surface area contributed by atoms with Crippen molar-refractivity contribution in [2.45, 2.75) is 12.8 Å². The number of carbonyl (C=O) groups is 1. The van der Waals surface area contributed by atoms with Crippen LogP contribution < -0.4 is 4.72 Å². The molecule has 0 amide bonds. The molecule has 0 aliphatic heterocycles. The number of hydrogen-bond acceptors (Lipinski definition) is 5. The molecular weight excluding hydrogens is 467 g/mol. The lowest BCUT2D eigenvalue weighted by Gasteiger charge is -2.12. The summed E-state index contributed by atoms with van der Waals surface area (Å²) in [5, 5.41) is 0. The van der Waals surface area contributed by atoms with E-state index in [1.54, 1.807) is 6.20 Å². The fraction of sp³-hybridized carbons (Fsp3) is 0.125. The molecule has 0 saturated heterocycles. The maximum Gasteiger partial charge on any atom is 0.199 e. The molecule has 1 atom stereocenters. The molecule has 0 aliphatic rings. The summed E-state index contributed by atoms with van der Waals surface area (Å²) in [7, 11) is 0. The molecule has 1 unspecified atom stereocenters.